The van der Waals surface area contributed by atoms with Crippen molar-refractivity contribution in [1.29, 1.82) is 0 Å². The van der Waals surface area contributed by atoms with E-state index < -0.39 is 29.1 Å². The lowest BCUT2D eigenvalue weighted by Gasteiger charge is -2.17. The summed E-state index contributed by atoms with van der Waals surface area (Å²) >= 11 is 0. The fraction of sp³-hybridized carbons (Fsp3) is 0.190. The first-order valence-electron chi connectivity index (χ1n) is 9.26. The fourth-order valence-corrected chi connectivity index (χ4v) is 3.40. The first kappa shape index (κ1) is 18.8. The summed E-state index contributed by atoms with van der Waals surface area (Å²) in [4.78, 5) is 29.7. The number of anilines is 2. The van der Waals surface area contributed by atoms with E-state index in [2.05, 4.69) is 15.6 Å². The maximum absolute atomic E-state index is 13.9. The molecule has 2 amide bonds. The fourth-order valence-electron chi connectivity index (χ4n) is 3.40. The molecule has 0 unspecified atom stereocenters. The number of benzene rings is 2. The van der Waals surface area contributed by atoms with E-state index in [4.69, 9.17) is 0 Å². The Morgan fingerprint density at radius 2 is 1.62 bits per heavy atom. The average molecular weight is 396 g/mol. The molecule has 0 fully saturated rings. The highest BCUT2D eigenvalue weighted by molar-refractivity contribution is 6.07. The van der Waals surface area contributed by atoms with Crippen molar-refractivity contribution in [2.75, 3.05) is 10.6 Å². The van der Waals surface area contributed by atoms with E-state index in [1.54, 1.807) is 28.8 Å². The number of amides is 2. The summed E-state index contributed by atoms with van der Waals surface area (Å²) in [6.07, 6.45) is 2.27. The van der Waals surface area contributed by atoms with Crippen LogP contribution in [0.25, 0.3) is 0 Å². The summed E-state index contributed by atoms with van der Waals surface area (Å²) in [7, 11) is 0. The molecule has 2 N–H and O–H groups in total. The summed E-state index contributed by atoms with van der Waals surface area (Å²) in [5.74, 6) is -3.01. The number of aromatic nitrogens is 2. The van der Waals surface area contributed by atoms with Gasteiger partial charge in [-0.3, -0.25) is 9.59 Å². The number of halogens is 2. The highest BCUT2D eigenvalue weighted by Gasteiger charge is 2.28. The van der Waals surface area contributed by atoms with Gasteiger partial charge in [0.2, 0.25) is 0 Å². The molecule has 29 heavy (non-hydrogen) atoms. The summed E-state index contributed by atoms with van der Waals surface area (Å²) in [5, 5.41) is 5.00. The molecule has 0 bridgehead atoms. The molecule has 2 aromatic carbocycles. The van der Waals surface area contributed by atoms with Gasteiger partial charge in [-0.15, -0.1) is 0 Å². The molecular weight excluding hydrogens is 378 g/mol. The molecule has 0 aliphatic carbocycles. The van der Waals surface area contributed by atoms with Crippen molar-refractivity contribution < 1.29 is 18.4 Å². The minimum Gasteiger partial charge on any atom is -0.323 e. The van der Waals surface area contributed by atoms with Gasteiger partial charge in [0.15, 0.2) is 11.5 Å². The zero-order valence-electron chi connectivity index (χ0n) is 15.4. The van der Waals surface area contributed by atoms with Crippen LogP contribution in [-0.4, -0.2) is 21.4 Å². The number of fused-ring (bicyclic) bond motifs is 1. The quantitative estimate of drug-likeness (QED) is 0.700. The SMILES string of the molecule is O=C(Nc1ccccc1)c1nc(C(=O)Nc2c(F)cccc2F)n2c1CCCC2. The van der Waals surface area contributed by atoms with Crippen LogP contribution >= 0.6 is 0 Å². The Kier molecular flexibility index (Phi) is 5.07. The molecule has 1 aromatic heterocycles. The molecule has 1 aliphatic heterocycles. The second-order valence-corrected chi connectivity index (χ2v) is 6.71. The second-order valence-electron chi connectivity index (χ2n) is 6.71. The number of nitrogens with zero attached hydrogens (tertiary/aromatic N) is 2. The molecule has 0 spiro atoms. The van der Waals surface area contributed by atoms with Crippen LogP contribution in [0.4, 0.5) is 20.2 Å². The molecule has 0 saturated heterocycles. The number of rotatable bonds is 4. The van der Waals surface area contributed by atoms with Crippen LogP contribution in [0.3, 0.4) is 0 Å². The molecule has 0 saturated carbocycles. The van der Waals surface area contributed by atoms with Gasteiger partial charge >= 0.3 is 0 Å². The van der Waals surface area contributed by atoms with E-state index in [1.165, 1.54) is 6.07 Å². The van der Waals surface area contributed by atoms with Crippen molar-refractivity contribution in [1.82, 2.24) is 9.55 Å². The van der Waals surface area contributed by atoms with Gasteiger partial charge in [0, 0.05) is 12.2 Å². The third-order valence-corrected chi connectivity index (χ3v) is 4.77. The van der Waals surface area contributed by atoms with E-state index in [1.807, 2.05) is 6.07 Å². The number of carbonyl (C=O) groups excluding carboxylic acids is 2. The van der Waals surface area contributed by atoms with Crippen molar-refractivity contribution in [2.45, 2.75) is 25.8 Å². The third kappa shape index (κ3) is 3.73. The Bertz CT molecular complexity index is 1060. The van der Waals surface area contributed by atoms with Crippen LogP contribution in [-0.2, 0) is 13.0 Å². The first-order valence-corrected chi connectivity index (χ1v) is 9.26. The predicted molar refractivity (Wildman–Crippen MR) is 104 cm³/mol. The van der Waals surface area contributed by atoms with Gasteiger partial charge in [-0.25, -0.2) is 13.8 Å². The number of para-hydroxylation sites is 2. The highest BCUT2D eigenvalue weighted by atomic mass is 19.1. The Morgan fingerprint density at radius 3 is 2.34 bits per heavy atom. The molecule has 1 aliphatic rings. The van der Waals surface area contributed by atoms with Gasteiger partial charge in [0.25, 0.3) is 11.8 Å². The lowest BCUT2D eigenvalue weighted by Crippen LogP contribution is -2.22. The van der Waals surface area contributed by atoms with Crippen LogP contribution in [0, 0.1) is 11.6 Å². The van der Waals surface area contributed by atoms with Crippen molar-refractivity contribution >= 4 is 23.2 Å². The average Bonchev–Trinajstić information content (AvgIpc) is 3.11. The standard InChI is InChI=1S/C21H18F2N4O2/c22-14-9-6-10-15(23)17(14)26-21(29)19-25-18(16-11-4-5-12-27(16)19)20(28)24-13-7-2-1-3-8-13/h1-3,6-10H,4-5,11-12H2,(H,24,28)(H,26,29). The number of imidazole rings is 1. The highest BCUT2D eigenvalue weighted by Crippen LogP contribution is 2.24. The zero-order chi connectivity index (χ0) is 20.4. The minimum absolute atomic E-state index is 0.0411. The molecule has 0 atom stereocenters. The molecule has 8 heteroatoms. The van der Waals surface area contributed by atoms with Gasteiger partial charge in [-0.05, 0) is 43.5 Å². The van der Waals surface area contributed by atoms with E-state index in [-0.39, 0.29) is 11.5 Å². The van der Waals surface area contributed by atoms with Crippen LogP contribution < -0.4 is 10.6 Å². The number of nitrogens with one attached hydrogen (secondary N) is 2. The summed E-state index contributed by atoms with van der Waals surface area (Å²) in [6, 6.07) is 12.2. The van der Waals surface area contributed by atoms with Crippen LogP contribution in [0.5, 0.6) is 0 Å². The van der Waals surface area contributed by atoms with Crippen molar-refractivity contribution in [3.05, 3.63) is 77.4 Å². The summed E-state index contributed by atoms with van der Waals surface area (Å²) in [6.45, 7) is 0.503. The van der Waals surface area contributed by atoms with Crippen LogP contribution in [0.2, 0.25) is 0 Å². The van der Waals surface area contributed by atoms with Gasteiger partial charge < -0.3 is 15.2 Å². The number of hydrogen-bond donors (Lipinski definition) is 2. The predicted octanol–water partition coefficient (Wildman–Crippen LogP) is 4.00. The molecule has 148 valence electrons. The molecule has 6 nitrogen and oxygen atoms in total. The Labute approximate surface area is 165 Å². The van der Waals surface area contributed by atoms with Gasteiger partial charge in [0.05, 0.1) is 5.69 Å². The second kappa shape index (κ2) is 7.83. The Balaban J connectivity index is 1.66. The monoisotopic (exact) mass is 396 g/mol. The minimum atomic E-state index is -0.884. The lowest BCUT2D eigenvalue weighted by atomic mass is 10.1. The van der Waals surface area contributed by atoms with Crippen LogP contribution in [0.1, 0.15) is 39.6 Å². The number of carbonyl (C=O) groups is 2. The van der Waals surface area contributed by atoms with E-state index >= 15 is 0 Å². The molecule has 4 rings (SSSR count). The van der Waals surface area contributed by atoms with Gasteiger partial charge in [-0.2, -0.15) is 0 Å². The summed E-state index contributed by atoms with van der Waals surface area (Å²) in [5.41, 5.74) is 0.854. The van der Waals surface area contributed by atoms with Gasteiger partial charge in [0.1, 0.15) is 17.3 Å². The smallest absolute Gasteiger partial charge is 0.291 e. The van der Waals surface area contributed by atoms with Gasteiger partial charge in [-0.1, -0.05) is 24.3 Å². The topological polar surface area (TPSA) is 76.0 Å². The van der Waals surface area contributed by atoms with E-state index in [9.17, 15) is 18.4 Å². The molecule has 0 radical (unpaired) electrons. The van der Waals surface area contributed by atoms with E-state index in [0.717, 1.165) is 25.0 Å². The lowest BCUT2D eigenvalue weighted by molar-refractivity contribution is 0.101. The normalized spacial score (nSPS) is 12.9. The number of hydrogen-bond acceptors (Lipinski definition) is 3. The first-order chi connectivity index (χ1) is 14.0. The van der Waals surface area contributed by atoms with Crippen LogP contribution in [0.15, 0.2) is 48.5 Å². The third-order valence-electron chi connectivity index (χ3n) is 4.77. The molecule has 2 heterocycles. The maximum atomic E-state index is 13.9. The maximum Gasteiger partial charge on any atom is 0.291 e. The molecular formula is C21H18F2N4O2. The summed E-state index contributed by atoms with van der Waals surface area (Å²) < 4.78 is 29.4. The largest absolute Gasteiger partial charge is 0.323 e. The van der Waals surface area contributed by atoms with E-state index in [0.29, 0.717) is 24.3 Å². The Morgan fingerprint density at radius 1 is 0.897 bits per heavy atom. The zero-order valence-corrected chi connectivity index (χ0v) is 15.4. The van der Waals surface area contributed by atoms with Crippen molar-refractivity contribution in [2.24, 2.45) is 0 Å². The van der Waals surface area contributed by atoms with Crippen molar-refractivity contribution in [3.63, 3.8) is 0 Å². The van der Waals surface area contributed by atoms with Crippen molar-refractivity contribution in [3.8, 4) is 0 Å². The Hall–Kier alpha value is -3.55. The molecule has 3 aromatic rings.